The maximum Gasteiger partial charge on any atom is -0.0292 e. The monoisotopic (exact) mass is 123 g/mol. The van der Waals surface area contributed by atoms with Gasteiger partial charge in [-0.3, -0.25) is 0 Å². The summed E-state index contributed by atoms with van der Waals surface area (Å²) >= 11 is 0. The molecular weight excluding hydrogens is 108 g/mol. The van der Waals surface area contributed by atoms with Gasteiger partial charge in [0.15, 0.2) is 0 Å². The van der Waals surface area contributed by atoms with Crippen molar-refractivity contribution in [3.63, 3.8) is 0 Å². The van der Waals surface area contributed by atoms with Gasteiger partial charge in [0.05, 0.1) is 0 Å². The lowest BCUT2D eigenvalue weighted by molar-refractivity contribution is 0.535. The number of rotatable bonds is 0. The molecule has 1 radical (unpaired) electrons. The molecule has 2 fully saturated rings. The molecular formula is C9H15. The first-order valence-corrected chi connectivity index (χ1v) is 4.04. The van der Waals surface area contributed by atoms with Crippen LogP contribution in [0.25, 0.3) is 0 Å². The van der Waals surface area contributed by atoms with Crippen molar-refractivity contribution in [1.82, 2.24) is 0 Å². The largest absolute Gasteiger partial charge is 0.0594 e. The second-order valence-electron chi connectivity index (χ2n) is 4.14. The Balaban J connectivity index is 2.06. The topological polar surface area (TPSA) is 0 Å². The Labute approximate surface area is 57.6 Å². The Morgan fingerprint density at radius 3 is 2.56 bits per heavy atom. The summed E-state index contributed by atoms with van der Waals surface area (Å²) in [6, 6.07) is 0. The van der Waals surface area contributed by atoms with E-state index in [2.05, 4.69) is 20.3 Å². The number of hydrogen-bond acceptors (Lipinski definition) is 0. The van der Waals surface area contributed by atoms with Gasteiger partial charge in [0, 0.05) is 0 Å². The molecule has 2 aliphatic rings. The minimum absolute atomic E-state index is 0.715. The predicted octanol–water partition coefficient (Wildman–Crippen LogP) is 2.65. The molecule has 0 aromatic carbocycles. The first-order valence-electron chi connectivity index (χ1n) is 4.04. The molecule has 2 unspecified atom stereocenters. The van der Waals surface area contributed by atoms with E-state index in [0.29, 0.717) is 5.41 Å². The van der Waals surface area contributed by atoms with E-state index >= 15 is 0 Å². The first kappa shape index (κ1) is 5.76. The molecule has 0 nitrogen and oxygen atoms in total. The summed E-state index contributed by atoms with van der Waals surface area (Å²) in [5.41, 5.74) is 0.715. The van der Waals surface area contributed by atoms with Gasteiger partial charge in [-0.05, 0) is 42.9 Å². The van der Waals surface area contributed by atoms with Gasteiger partial charge >= 0.3 is 0 Å². The van der Waals surface area contributed by atoms with Crippen molar-refractivity contribution in [3.8, 4) is 0 Å². The van der Waals surface area contributed by atoms with E-state index in [4.69, 9.17) is 0 Å². The lowest BCUT2D eigenvalue weighted by Crippen LogP contribution is -1.92. The van der Waals surface area contributed by atoms with Crippen LogP contribution in [0.15, 0.2) is 0 Å². The zero-order chi connectivity index (χ0) is 6.48. The zero-order valence-corrected chi connectivity index (χ0v) is 6.35. The maximum atomic E-state index is 2.47. The van der Waals surface area contributed by atoms with Crippen molar-refractivity contribution in [2.45, 2.75) is 33.1 Å². The molecule has 0 saturated heterocycles. The summed E-state index contributed by atoms with van der Waals surface area (Å²) in [5, 5.41) is 0. The Bertz CT molecular complexity index is 110. The van der Waals surface area contributed by atoms with Crippen LogP contribution in [-0.2, 0) is 0 Å². The fourth-order valence-corrected chi connectivity index (χ4v) is 2.49. The average Bonchev–Trinajstić information content (AvgIpc) is 2.39. The van der Waals surface area contributed by atoms with Gasteiger partial charge in [-0.2, -0.15) is 0 Å². The maximum absolute atomic E-state index is 2.47. The summed E-state index contributed by atoms with van der Waals surface area (Å²) in [6.45, 7) is 4.84. The van der Waals surface area contributed by atoms with Gasteiger partial charge in [-0.15, -0.1) is 0 Å². The lowest BCUT2D eigenvalue weighted by atomic mass is 10.0. The predicted molar refractivity (Wildman–Crippen MR) is 38.9 cm³/mol. The molecule has 0 heteroatoms. The van der Waals surface area contributed by atoms with Gasteiger partial charge < -0.3 is 0 Å². The van der Waals surface area contributed by atoms with Crippen LogP contribution < -0.4 is 0 Å². The van der Waals surface area contributed by atoms with Crippen LogP contribution in [-0.4, -0.2) is 0 Å². The van der Waals surface area contributed by atoms with E-state index in [0.717, 1.165) is 11.8 Å². The third kappa shape index (κ3) is 0.653. The van der Waals surface area contributed by atoms with Gasteiger partial charge in [0.2, 0.25) is 0 Å². The van der Waals surface area contributed by atoms with Crippen molar-refractivity contribution < 1.29 is 0 Å². The van der Waals surface area contributed by atoms with E-state index in [1.54, 1.807) is 0 Å². The summed E-state index contributed by atoms with van der Waals surface area (Å²) < 4.78 is 0. The molecule has 2 saturated carbocycles. The van der Waals surface area contributed by atoms with Gasteiger partial charge in [0.25, 0.3) is 0 Å². The van der Waals surface area contributed by atoms with Crippen LogP contribution in [0.2, 0.25) is 0 Å². The van der Waals surface area contributed by atoms with Crippen LogP contribution in [0.1, 0.15) is 33.1 Å². The molecule has 0 N–H and O–H groups in total. The van der Waals surface area contributed by atoms with Gasteiger partial charge in [-0.25, -0.2) is 0 Å². The van der Waals surface area contributed by atoms with E-state index in [9.17, 15) is 0 Å². The molecule has 0 bridgehead atoms. The molecule has 2 rings (SSSR count). The minimum Gasteiger partial charge on any atom is -0.0594 e. The molecule has 0 amide bonds. The second-order valence-corrected chi connectivity index (χ2v) is 4.14. The molecule has 0 heterocycles. The SMILES string of the molecule is CC1(C)C2C[CH]CCC21. The standard InChI is InChI=1S/C9H15/c1-9(2)7-5-3-4-6-8(7)9/h3,7-8H,4-6H2,1-2H3. The third-order valence-corrected chi connectivity index (χ3v) is 3.39. The van der Waals surface area contributed by atoms with Crippen LogP contribution >= 0.6 is 0 Å². The average molecular weight is 123 g/mol. The van der Waals surface area contributed by atoms with Crippen molar-refractivity contribution in [1.29, 1.82) is 0 Å². The second kappa shape index (κ2) is 1.53. The molecule has 2 atom stereocenters. The molecule has 9 heavy (non-hydrogen) atoms. The van der Waals surface area contributed by atoms with Crippen LogP contribution in [0.3, 0.4) is 0 Å². The summed E-state index contributed by atoms with van der Waals surface area (Å²) in [7, 11) is 0. The molecule has 0 aromatic rings. The smallest absolute Gasteiger partial charge is 0.0292 e. The Hall–Kier alpha value is 0. The molecule has 2 aliphatic carbocycles. The van der Waals surface area contributed by atoms with Crippen LogP contribution in [0.4, 0.5) is 0 Å². The van der Waals surface area contributed by atoms with Crippen molar-refractivity contribution >= 4 is 0 Å². The fraction of sp³-hybridized carbons (Fsp3) is 0.889. The Morgan fingerprint density at radius 2 is 2.11 bits per heavy atom. The van der Waals surface area contributed by atoms with Crippen molar-refractivity contribution in [3.05, 3.63) is 6.42 Å². The van der Waals surface area contributed by atoms with Crippen LogP contribution in [0.5, 0.6) is 0 Å². The fourth-order valence-electron chi connectivity index (χ4n) is 2.49. The zero-order valence-electron chi connectivity index (χ0n) is 6.35. The van der Waals surface area contributed by atoms with Gasteiger partial charge in [-0.1, -0.05) is 13.8 Å². The Morgan fingerprint density at radius 1 is 1.33 bits per heavy atom. The quantitative estimate of drug-likeness (QED) is 0.464. The van der Waals surface area contributed by atoms with Crippen LogP contribution in [0, 0.1) is 23.7 Å². The number of hydrogen-bond donors (Lipinski definition) is 0. The molecule has 0 spiro atoms. The van der Waals surface area contributed by atoms with E-state index in [1.807, 2.05) is 0 Å². The highest BCUT2D eigenvalue weighted by Gasteiger charge is 2.57. The third-order valence-electron chi connectivity index (χ3n) is 3.39. The minimum atomic E-state index is 0.715. The molecule has 0 aromatic heterocycles. The normalized spacial score (nSPS) is 46.0. The lowest BCUT2D eigenvalue weighted by Gasteiger charge is -2.04. The first-order chi connectivity index (χ1) is 4.23. The van der Waals surface area contributed by atoms with Gasteiger partial charge in [0.1, 0.15) is 0 Å². The van der Waals surface area contributed by atoms with Crippen molar-refractivity contribution in [2.75, 3.05) is 0 Å². The molecule has 0 aliphatic heterocycles. The highest BCUT2D eigenvalue weighted by molar-refractivity contribution is 5.09. The van der Waals surface area contributed by atoms with E-state index < -0.39 is 0 Å². The summed E-state index contributed by atoms with van der Waals surface area (Å²) in [6.07, 6.45) is 6.72. The highest BCUT2D eigenvalue weighted by Crippen LogP contribution is 2.64. The van der Waals surface area contributed by atoms with E-state index in [-0.39, 0.29) is 0 Å². The van der Waals surface area contributed by atoms with E-state index in [1.165, 1.54) is 19.3 Å². The summed E-state index contributed by atoms with van der Waals surface area (Å²) in [4.78, 5) is 0. The van der Waals surface area contributed by atoms with Crippen molar-refractivity contribution in [2.24, 2.45) is 17.3 Å². The summed E-state index contributed by atoms with van der Waals surface area (Å²) in [5.74, 6) is 2.15. The highest BCUT2D eigenvalue weighted by atomic mass is 14.6. The Kier molecular flexibility index (Phi) is 0.980. The molecule has 51 valence electrons. The number of fused-ring (bicyclic) bond motifs is 1.